The van der Waals surface area contributed by atoms with Crippen LogP contribution in [0.25, 0.3) is 0 Å². The van der Waals surface area contributed by atoms with Crippen molar-refractivity contribution in [3.63, 3.8) is 0 Å². The van der Waals surface area contributed by atoms with Crippen LogP contribution in [0.1, 0.15) is 32.1 Å². The van der Waals surface area contributed by atoms with Gasteiger partial charge in [0, 0.05) is 17.9 Å². The molecule has 1 aliphatic carbocycles. The first kappa shape index (κ1) is 18.5. The zero-order valence-electron chi connectivity index (χ0n) is 15.2. The summed E-state index contributed by atoms with van der Waals surface area (Å²) in [6, 6.07) is 18.9. The largest absolute Gasteiger partial charge is 0.457 e. The molecule has 0 aliphatic heterocycles. The van der Waals surface area contributed by atoms with Crippen LogP contribution in [0.15, 0.2) is 66.4 Å². The smallest absolute Gasteiger partial charge is 0.267 e. The number of carbonyl (C=O) groups is 1. The zero-order valence-corrected chi connectivity index (χ0v) is 15.2. The van der Waals surface area contributed by atoms with E-state index in [1.165, 1.54) is 25.5 Å². The number of hydrogen-bond donors (Lipinski definition) is 2. The van der Waals surface area contributed by atoms with Crippen molar-refractivity contribution in [1.82, 2.24) is 5.32 Å². The molecule has 0 unspecified atom stereocenters. The van der Waals surface area contributed by atoms with E-state index in [2.05, 4.69) is 10.6 Å². The SMILES string of the molecule is N#C/C(=C/NC1CCCCC1)C(=O)Nc1ccc(Oc2ccccc2)cc1. The van der Waals surface area contributed by atoms with E-state index in [0.29, 0.717) is 17.5 Å². The van der Waals surface area contributed by atoms with Crippen LogP contribution in [-0.4, -0.2) is 11.9 Å². The molecule has 1 aliphatic rings. The maximum Gasteiger partial charge on any atom is 0.267 e. The first-order chi connectivity index (χ1) is 13.2. The maximum atomic E-state index is 12.3. The highest BCUT2D eigenvalue weighted by atomic mass is 16.5. The second kappa shape index (κ2) is 9.44. The molecule has 5 nitrogen and oxygen atoms in total. The van der Waals surface area contributed by atoms with Crippen LogP contribution < -0.4 is 15.4 Å². The van der Waals surface area contributed by atoms with Crippen molar-refractivity contribution in [2.75, 3.05) is 5.32 Å². The first-order valence-corrected chi connectivity index (χ1v) is 9.25. The van der Waals surface area contributed by atoms with Crippen molar-refractivity contribution < 1.29 is 9.53 Å². The topological polar surface area (TPSA) is 74.2 Å². The number of ether oxygens (including phenoxy) is 1. The summed E-state index contributed by atoms with van der Waals surface area (Å²) < 4.78 is 5.73. The number of amides is 1. The highest BCUT2D eigenvalue weighted by Gasteiger charge is 2.14. The lowest BCUT2D eigenvalue weighted by Gasteiger charge is -2.21. The van der Waals surface area contributed by atoms with E-state index in [4.69, 9.17) is 4.74 Å². The molecule has 2 N–H and O–H groups in total. The summed E-state index contributed by atoms with van der Waals surface area (Å²) in [5, 5.41) is 15.2. The van der Waals surface area contributed by atoms with Gasteiger partial charge in [-0.1, -0.05) is 37.5 Å². The standard InChI is InChI=1S/C22H23N3O2/c23-15-17(16-24-18-7-3-1-4-8-18)22(26)25-19-11-13-21(14-12-19)27-20-9-5-2-6-10-20/h2,5-6,9-14,16,18,24H,1,3-4,7-8H2,(H,25,26)/b17-16-. The van der Waals surface area contributed by atoms with Gasteiger partial charge in [-0.05, 0) is 49.2 Å². The molecule has 138 valence electrons. The Morgan fingerprint density at radius 3 is 2.33 bits per heavy atom. The van der Waals surface area contributed by atoms with Gasteiger partial charge in [0.25, 0.3) is 5.91 Å². The fraction of sp³-hybridized carbons (Fsp3) is 0.273. The van der Waals surface area contributed by atoms with E-state index in [1.54, 1.807) is 24.3 Å². The first-order valence-electron chi connectivity index (χ1n) is 9.25. The molecule has 0 spiro atoms. The molecule has 5 heteroatoms. The Bertz CT molecular complexity index is 817. The molecule has 0 bridgehead atoms. The average Bonchev–Trinajstić information content (AvgIpc) is 2.71. The molecule has 27 heavy (non-hydrogen) atoms. The van der Waals surface area contributed by atoms with Gasteiger partial charge in [-0.2, -0.15) is 5.26 Å². The highest BCUT2D eigenvalue weighted by Crippen LogP contribution is 2.23. The molecule has 0 radical (unpaired) electrons. The number of hydrogen-bond acceptors (Lipinski definition) is 4. The monoisotopic (exact) mass is 361 g/mol. The third-order valence-corrected chi connectivity index (χ3v) is 4.52. The van der Waals surface area contributed by atoms with Gasteiger partial charge < -0.3 is 15.4 Å². The minimum atomic E-state index is -0.419. The number of nitriles is 1. The van der Waals surface area contributed by atoms with Gasteiger partial charge in [0.1, 0.15) is 23.1 Å². The van der Waals surface area contributed by atoms with Gasteiger partial charge in [0.05, 0.1) is 0 Å². The molecule has 0 heterocycles. The van der Waals surface area contributed by atoms with Gasteiger partial charge in [0.2, 0.25) is 0 Å². The molecule has 3 rings (SSSR count). The fourth-order valence-corrected chi connectivity index (χ4v) is 3.05. The van der Waals surface area contributed by atoms with Gasteiger partial charge in [-0.15, -0.1) is 0 Å². The van der Waals surface area contributed by atoms with Crippen molar-refractivity contribution in [2.45, 2.75) is 38.1 Å². The zero-order chi connectivity index (χ0) is 18.9. The van der Waals surface area contributed by atoms with E-state index < -0.39 is 5.91 Å². The van der Waals surface area contributed by atoms with Gasteiger partial charge in [-0.25, -0.2) is 0 Å². The van der Waals surface area contributed by atoms with Gasteiger partial charge in [0.15, 0.2) is 0 Å². The summed E-state index contributed by atoms with van der Waals surface area (Å²) in [4.78, 5) is 12.3. The Hall–Kier alpha value is -3.26. The Morgan fingerprint density at radius 1 is 1.00 bits per heavy atom. The van der Waals surface area contributed by atoms with Crippen molar-refractivity contribution in [3.8, 4) is 17.6 Å². The minimum absolute atomic E-state index is 0.0742. The number of nitrogens with zero attached hydrogens (tertiary/aromatic N) is 1. The summed E-state index contributed by atoms with van der Waals surface area (Å²) >= 11 is 0. The summed E-state index contributed by atoms with van der Waals surface area (Å²) in [6.45, 7) is 0. The lowest BCUT2D eigenvalue weighted by Crippen LogP contribution is -2.28. The van der Waals surface area contributed by atoms with Crippen molar-refractivity contribution >= 4 is 11.6 Å². The molecule has 0 atom stereocenters. The molecular weight excluding hydrogens is 338 g/mol. The van der Waals surface area contributed by atoms with E-state index in [0.717, 1.165) is 18.6 Å². The van der Waals surface area contributed by atoms with Crippen molar-refractivity contribution in [1.29, 1.82) is 5.26 Å². The molecule has 1 fully saturated rings. The highest BCUT2D eigenvalue weighted by molar-refractivity contribution is 6.06. The molecular formula is C22H23N3O2. The molecule has 1 saturated carbocycles. The summed E-state index contributed by atoms with van der Waals surface area (Å²) in [5.41, 5.74) is 0.685. The van der Waals surface area contributed by atoms with Crippen LogP contribution in [0, 0.1) is 11.3 Å². The summed E-state index contributed by atoms with van der Waals surface area (Å²) in [5.74, 6) is 1.00. The second-order valence-electron chi connectivity index (χ2n) is 6.57. The normalized spacial score (nSPS) is 14.9. The number of para-hydroxylation sites is 1. The van der Waals surface area contributed by atoms with E-state index in [1.807, 2.05) is 36.4 Å². The molecule has 1 amide bonds. The third-order valence-electron chi connectivity index (χ3n) is 4.52. The lowest BCUT2D eigenvalue weighted by atomic mass is 9.96. The summed E-state index contributed by atoms with van der Waals surface area (Å²) in [7, 11) is 0. The Morgan fingerprint density at radius 2 is 1.67 bits per heavy atom. The predicted octanol–water partition coefficient (Wildman–Crippen LogP) is 4.75. The number of rotatable bonds is 6. The molecule has 2 aromatic carbocycles. The Labute approximate surface area is 159 Å². The third kappa shape index (κ3) is 5.61. The van der Waals surface area contributed by atoms with Crippen molar-refractivity contribution in [3.05, 3.63) is 66.4 Å². The minimum Gasteiger partial charge on any atom is -0.457 e. The Kier molecular flexibility index (Phi) is 6.48. The van der Waals surface area contributed by atoms with Crippen molar-refractivity contribution in [2.24, 2.45) is 0 Å². The molecule has 0 saturated heterocycles. The van der Waals surface area contributed by atoms with Crippen LogP contribution >= 0.6 is 0 Å². The average molecular weight is 361 g/mol. The van der Waals surface area contributed by atoms with Crippen LogP contribution in [0.3, 0.4) is 0 Å². The maximum absolute atomic E-state index is 12.3. The lowest BCUT2D eigenvalue weighted by molar-refractivity contribution is -0.112. The molecule has 2 aromatic rings. The van der Waals surface area contributed by atoms with Gasteiger partial charge >= 0.3 is 0 Å². The van der Waals surface area contributed by atoms with Crippen LogP contribution in [0.2, 0.25) is 0 Å². The second-order valence-corrected chi connectivity index (χ2v) is 6.57. The number of carbonyl (C=O) groups excluding carboxylic acids is 1. The van der Waals surface area contributed by atoms with Gasteiger partial charge in [-0.3, -0.25) is 4.79 Å². The van der Waals surface area contributed by atoms with Crippen LogP contribution in [-0.2, 0) is 4.79 Å². The number of benzene rings is 2. The quantitative estimate of drug-likeness (QED) is 0.575. The van der Waals surface area contributed by atoms with Crippen LogP contribution in [0.4, 0.5) is 5.69 Å². The fourth-order valence-electron chi connectivity index (χ4n) is 3.05. The van der Waals surface area contributed by atoms with Crippen LogP contribution in [0.5, 0.6) is 11.5 Å². The van der Waals surface area contributed by atoms with E-state index >= 15 is 0 Å². The summed E-state index contributed by atoms with van der Waals surface area (Å²) in [6.07, 6.45) is 7.35. The number of nitrogens with one attached hydrogen (secondary N) is 2. The number of anilines is 1. The van der Waals surface area contributed by atoms with E-state index in [9.17, 15) is 10.1 Å². The molecule has 0 aromatic heterocycles. The Balaban J connectivity index is 1.56. The van der Waals surface area contributed by atoms with E-state index in [-0.39, 0.29) is 5.57 Å². The predicted molar refractivity (Wildman–Crippen MR) is 105 cm³/mol.